The van der Waals surface area contributed by atoms with Crippen LogP contribution >= 0.6 is 0 Å². The molecule has 3 N–H and O–H groups in total. The number of fused-ring (bicyclic) bond motifs is 1. The zero-order valence-electron chi connectivity index (χ0n) is 18.1. The summed E-state index contributed by atoms with van der Waals surface area (Å²) < 4.78 is 7.27. The number of benzene rings is 2. The summed E-state index contributed by atoms with van der Waals surface area (Å²) in [6.45, 7) is 4.35. The molecule has 160 valence electrons. The number of nitrogens with one attached hydrogen (secondary N) is 1. The number of rotatable bonds is 6. The molecule has 8 nitrogen and oxygen atoms in total. The lowest BCUT2D eigenvalue weighted by molar-refractivity contribution is -0.115. The quantitative estimate of drug-likeness (QED) is 0.638. The first-order valence-electron chi connectivity index (χ1n) is 10.1. The fourth-order valence-corrected chi connectivity index (χ4v) is 3.72. The van der Waals surface area contributed by atoms with Crippen molar-refractivity contribution in [3.8, 4) is 17.1 Å². The SMILES string of the molecule is CCOc1ccc(C2C(C(N)=O)=C(C)Nc3nc(-c4ccc(N(C)C)cc4)nn32)cc1. The highest BCUT2D eigenvalue weighted by Gasteiger charge is 2.33. The Morgan fingerprint density at radius 1 is 1.16 bits per heavy atom. The fourth-order valence-electron chi connectivity index (χ4n) is 3.72. The third kappa shape index (κ3) is 3.84. The van der Waals surface area contributed by atoms with Crippen LogP contribution in [0.5, 0.6) is 5.75 Å². The minimum atomic E-state index is -0.498. The Labute approximate surface area is 181 Å². The molecule has 0 bridgehead atoms. The zero-order valence-corrected chi connectivity index (χ0v) is 18.1. The maximum Gasteiger partial charge on any atom is 0.248 e. The number of carbonyl (C=O) groups excluding carboxylic acids is 1. The average Bonchev–Trinajstić information content (AvgIpc) is 3.17. The lowest BCUT2D eigenvalue weighted by atomic mass is 9.95. The van der Waals surface area contributed by atoms with Crippen molar-refractivity contribution in [1.82, 2.24) is 14.8 Å². The van der Waals surface area contributed by atoms with E-state index in [-0.39, 0.29) is 0 Å². The predicted molar refractivity (Wildman–Crippen MR) is 121 cm³/mol. The van der Waals surface area contributed by atoms with Gasteiger partial charge in [-0.2, -0.15) is 4.98 Å². The molecule has 0 fully saturated rings. The number of anilines is 2. The summed E-state index contributed by atoms with van der Waals surface area (Å²) in [5.74, 6) is 1.40. The Morgan fingerprint density at radius 2 is 1.84 bits per heavy atom. The third-order valence-electron chi connectivity index (χ3n) is 5.27. The first-order chi connectivity index (χ1) is 14.9. The number of nitrogens with two attached hydrogens (primary N) is 1. The zero-order chi connectivity index (χ0) is 22.1. The minimum absolute atomic E-state index is 0.455. The van der Waals surface area contributed by atoms with Gasteiger partial charge in [0, 0.05) is 31.0 Å². The molecule has 0 spiro atoms. The van der Waals surface area contributed by atoms with E-state index in [9.17, 15) is 4.79 Å². The van der Waals surface area contributed by atoms with Crippen molar-refractivity contribution in [3.05, 3.63) is 65.4 Å². The summed E-state index contributed by atoms with van der Waals surface area (Å²) in [6, 6.07) is 15.1. The van der Waals surface area contributed by atoms with Crippen molar-refractivity contribution in [2.75, 3.05) is 30.9 Å². The van der Waals surface area contributed by atoms with Crippen LogP contribution < -0.4 is 20.7 Å². The maximum atomic E-state index is 12.3. The summed E-state index contributed by atoms with van der Waals surface area (Å²) in [7, 11) is 3.99. The predicted octanol–water partition coefficient (Wildman–Crippen LogP) is 3.18. The number of hydrogen-bond donors (Lipinski definition) is 2. The van der Waals surface area contributed by atoms with Gasteiger partial charge in [0.2, 0.25) is 11.9 Å². The molecule has 1 aliphatic rings. The van der Waals surface area contributed by atoms with Gasteiger partial charge in [-0.3, -0.25) is 4.79 Å². The Balaban J connectivity index is 1.78. The van der Waals surface area contributed by atoms with Gasteiger partial charge in [0.15, 0.2) is 5.82 Å². The van der Waals surface area contributed by atoms with Gasteiger partial charge in [0.25, 0.3) is 0 Å². The lowest BCUT2D eigenvalue weighted by Crippen LogP contribution is -2.31. The number of allylic oxidation sites excluding steroid dienone is 1. The van der Waals surface area contributed by atoms with Crippen molar-refractivity contribution in [2.45, 2.75) is 19.9 Å². The summed E-state index contributed by atoms with van der Waals surface area (Å²) in [6.07, 6.45) is 0. The number of hydrogen-bond acceptors (Lipinski definition) is 6. The Hall–Kier alpha value is -3.81. The molecule has 1 aliphatic heterocycles. The smallest absolute Gasteiger partial charge is 0.248 e. The third-order valence-corrected chi connectivity index (χ3v) is 5.27. The molecular weight excluding hydrogens is 392 g/mol. The molecule has 3 aromatic rings. The van der Waals surface area contributed by atoms with E-state index in [1.807, 2.05) is 81.4 Å². The average molecular weight is 419 g/mol. The highest BCUT2D eigenvalue weighted by Crippen LogP contribution is 2.36. The topological polar surface area (TPSA) is 98.3 Å². The molecule has 4 rings (SSSR count). The van der Waals surface area contributed by atoms with Crippen molar-refractivity contribution < 1.29 is 9.53 Å². The largest absolute Gasteiger partial charge is 0.494 e. The Kier molecular flexibility index (Phi) is 5.37. The molecule has 1 amide bonds. The number of amides is 1. The van der Waals surface area contributed by atoms with Gasteiger partial charge < -0.3 is 20.7 Å². The standard InChI is InChI=1S/C23H26N6O2/c1-5-31-18-12-8-15(9-13-18)20-19(21(24)30)14(2)25-23-26-22(27-29(20)23)16-6-10-17(11-7-16)28(3)4/h6-13,20H,5H2,1-4H3,(H2,24,30)(H,25,26,27). The monoisotopic (exact) mass is 418 g/mol. The highest BCUT2D eigenvalue weighted by molar-refractivity contribution is 5.95. The minimum Gasteiger partial charge on any atom is -0.494 e. The lowest BCUT2D eigenvalue weighted by Gasteiger charge is -2.27. The molecule has 1 aromatic heterocycles. The van der Waals surface area contributed by atoms with Crippen molar-refractivity contribution >= 4 is 17.5 Å². The molecule has 31 heavy (non-hydrogen) atoms. The van der Waals surface area contributed by atoms with Gasteiger partial charge in [-0.25, -0.2) is 4.68 Å². The molecule has 1 unspecified atom stereocenters. The second-order valence-corrected chi connectivity index (χ2v) is 7.58. The summed E-state index contributed by atoms with van der Waals surface area (Å²) >= 11 is 0. The Bertz CT molecular complexity index is 1130. The van der Waals surface area contributed by atoms with Crippen LogP contribution in [0, 0.1) is 0 Å². The van der Waals surface area contributed by atoms with E-state index in [1.54, 1.807) is 4.68 Å². The molecule has 1 atom stereocenters. The van der Waals surface area contributed by atoms with Crippen molar-refractivity contribution in [3.63, 3.8) is 0 Å². The highest BCUT2D eigenvalue weighted by atomic mass is 16.5. The molecule has 2 aromatic carbocycles. The second kappa shape index (κ2) is 8.14. The molecule has 0 radical (unpaired) electrons. The first kappa shape index (κ1) is 20.5. The summed E-state index contributed by atoms with van der Waals surface area (Å²) in [4.78, 5) is 19.1. The van der Waals surface area contributed by atoms with Crippen LogP contribution in [0.4, 0.5) is 11.6 Å². The van der Waals surface area contributed by atoms with Gasteiger partial charge in [-0.15, -0.1) is 5.10 Å². The normalized spacial score (nSPS) is 15.3. The van der Waals surface area contributed by atoms with Gasteiger partial charge in [-0.05, 0) is 55.8 Å². The van der Waals surface area contributed by atoms with Crippen LogP contribution in [-0.2, 0) is 4.79 Å². The summed E-state index contributed by atoms with van der Waals surface area (Å²) in [5, 5.41) is 7.91. The van der Waals surface area contributed by atoms with Crippen molar-refractivity contribution in [2.24, 2.45) is 5.73 Å². The van der Waals surface area contributed by atoms with Crippen LogP contribution in [0.3, 0.4) is 0 Å². The van der Waals surface area contributed by atoms with Crippen LogP contribution in [0.1, 0.15) is 25.5 Å². The van der Waals surface area contributed by atoms with Gasteiger partial charge >= 0.3 is 0 Å². The van der Waals surface area contributed by atoms with Crippen molar-refractivity contribution in [1.29, 1.82) is 0 Å². The van der Waals surface area contributed by atoms with Gasteiger partial charge in [0.05, 0.1) is 12.2 Å². The van der Waals surface area contributed by atoms with Gasteiger partial charge in [0.1, 0.15) is 11.8 Å². The number of ether oxygens (including phenoxy) is 1. The van der Waals surface area contributed by atoms with E-state index in [1.165, 1.54) is 0 Å². The number of nitrogens with zero attached hydrogens (tertiary/aromatic N) is 4. The van der Waals surface area contributed by atoms with Crippen LogP contribution in [0.15, 0.2) is 59.8 Å². The number of carbonyl (C=O) groups is 1. The van der Waals surface area contributed by atoms with Crippen LogP contribution in [0.25, 0.3) is 11.4 Å². The van der Waals surface area contributed by atoms with E-state index in [4.69, 9.17) is 15.6 Å². The first-order valence-corrected chi connectivity index (χ1v) is 10.1. The fraction of sp³-hybridized carbons (Fsp3) is 0.261. The Morgan fingerprint density at radius 3 is 2.42 bits per heavy atom. The molecule has 2 heterocycles. The summed E-state index contributed by atoms with van der Waals surface area (Å²) in [5.41, 5.74) is 9.73. The van der Waals surface area contributed by atoms with Crippen LogP contribution in [-0.4, -0.2) is 41.4 Å². The van der Waals surface area contributed by atoms with E-state index in [0.29, 0.717) is 29.6 Å². The molecule has 0 saturated carbocycles. The number of primary amides is 1. The molecular formula is C23H26N6O2. The molecule has 0 aliphatic carbocycles. The number of aromatic nitrogens is 3. The van der Waals surface area contributed by atoms with E-state index in [0.717, 1.165) is 22.6 Å². The molecule has 8 heteroatoms. The van der Waals surface area contributed by atoms with Gasteiger partial charge in [-0.1, -0.05) is 12.1 Å². The van der Waals surface area contributed by atoms with E-state index in [2.05, 4.69) is 10.3 Å². The second-order valence-electron chi connectivity index (χ2n) is 7.58. The van der Waals surface area contributed by atoms with E-state index < -0.39 is 11.9 Å². The van der Waals surface area contributed by atoms with Crippen LogP contribution in [0.2, 0.25) is 0 Å². The van der Waals surface area contributed by atoms with E-state index >= 15 is 0 Å². The maximum absolute atomic E-state index is 12.3. The molecule has 0 saturated heterocycles.